The summed E-state index contributed by atoms with van der Waals surface area (Å²) in [4.78, 5) is 8.60. The highest BCUT2D eigenvalue weighted by Gasteiger charge is 2.26. The lowest BCUT2D eigenvalue weighted by atomic mass is 9.96. The van der Waals surface area contributed by atoms with Crippen molar-refractivity contribution in [2.24, 2.45) is 5.41 Å². The average molecular weight is 551 g/mol. The van der Waals surface area contributed by atoms with Crippen LogP contribution in [0.2, 0.25) is 5.02 Å². The minimum atomic E-state index is -1.62. The third-order valence-corrected chi connectivity index (χ3v) is 6.51. The normalized spacial score (nSPS) is 14.8. The third-order valence-electron chi connectivity index (χ3n) is 6.18. The number of benzene rings is 2. The van der Waals surface area contributed by atoms with Crippen molar-refractivity contribution in [1.82, 2.24) is 20.9 Å². The van der Waals surface area contributed by atoms with Gasteiger partial charge in [-0.1, -0.05) is 50.6 Å². The van der Waals surface area contributed by atoms with Gasteiger partial charge in [0.25, 0.3) is 0 Å². The van der Waals surface area contributed by atoms with E-state index in [9.17, 15) is 11.9 Å². The van der Waals surface area contributed by atoms with Gasteiger partial charge >= 0.3 is 0 Å². The van der Waals surface area contributed by atoms with E-state index in [1.807, 2.05) is 18.2 Å². The zero-order valence-electron chi connectivity index (χ0n) is 23.2. The summed E-state index contributed by atoms with van der Waals surface area (Å²) in [6.07, 6.45) is 6.60. The number of nitrogens with one attached hydrogen (secondary N) is 4. The van der Waals surface area contributed by atoms with Crippen molar-refractivity contribution in [1.29, 1.82) is 10.5 Å². The minimum Gasteiger partial charge on any atom is -0.383 e. The number of aromatic nitrogens is 2. The van der Waals surface area contributed by atoms with Gasteiger partial charge in [0.05, 0.1) is 47.3 Å². The lowest BCUT2D eigenvalue weighted by molar-refractivity contribution is 0.443. The van der Waals surface area contributed by atoms with Crippen LogP contribution in [-0.2, 0) is 0 Å². The van der Waals surface area contributed by atoms with Gasteiger partial charge in [0.1, 0.15) is 12.1 Å². The molecule has 0 saturated carbocycles. The van der Waals surface area contributed by atoms with Gasteiger partial charge in [-0.15, -0.1) is 5.53 Å². The monoisotopic (exact) mass is 550 g/mol. The van der Waals surface area contributed by atoms with Gasteiger partial charge in [0, 0.05) is 41.2 Å². The van der Waals surface area contributed by atoms with Crippen LogP contribution in [0.4, 0.5) is 17.1 Å². The zero-order valence-corrected chi connectivity index (χ0v) is 23.0. The predicted molar refractivity (Wildman–Crippen MR) is 158 cm³/mol. The highest BCUT2D eigenvalue weighted by Crippen LogP contribution is 2.36. The molecule has 0 radical (unpaired) electrons. The second kappa shape index (κ2) is 11.1. The first-order chi connectivity index (χ1) is 19.6. The maximum Gasteiger partial charge on any atom is 0.103 e. The first-order valence-corrected chi connectivity index (χ1v) is 13.0. The van der Waals surface area contributed by atoms with Crippen molar-refractivity contribution in [2.75, 3.05) is 22.2 Å². The molecule has 0 fully saturated rings. The van der Waals surface area contributed by atoms with Crippen molar-refractivity contribution in [3.63, 3.8) is 0 Å². The van der Waals surface area contributed by atoms with Crippen LogP contribution in [-0.4, -0.2) is 16.5 Å². The molecule has 4 aromatic rings. The second-order valence-electron chi connectivity index (χ2n) is 10.4. The van der Waals surface area contributed by atoms with Gasteiger partial charge in [-0.2, -0.15) is 10.5 Å². The smallest absolute Gasteiger partial charge is 0.103 e. The number of hydrazine groups is 2. The summed E-state index contributed by atoms with van der Waals surface area (Å²) in [7, 11) is 0. The summed E-state index contributed by atoms with van der Waals surface area (Å²) in [5, 5.41) is 29.3. The van der Waals surface area contributed by atoms with Gasteiger partial charge in [0.2, 0.25) is 0 Å². The molecule has 9 nitrogen and oxygen atoms in total. The summed E-state index contributed by atoms with van der Waals surface area (Å²) >= 11 is 6.64. The molecule has 1 atom stereocenters. The standard InChI is InChI=1S/C30H28ClN9/c1-30(2,3)18-36-28-20(14-33)15-35-27-19(13-32)11-21(12-24(27)28)37-29(23-8-4-5-9-25(23)31)26-17-40(39-38-26)22-7-6-10-34-16-22/h4-12,15-17,29,37-39H,18H2,1-3H3,(H,35,36)/t29-/m1/s1/i29D. The largest absolute Gasteiger partial charge is 0.383 e. The Labute approximate surface area is 239 Å². The quantitative estimate of drug-likeness (QED) is 0.219. The van der Waals surface area contributed by atoms with E-state index in [2.05, 4.69) is 64.5 Å². The molecular weight excluding hydrogens is 522 g/mol. The molecule has 0 saturated heterocycles. The van der Waals surface area contributed by atoms with Crippen molar-refractivity contribution in [3.05, 3.63) is 101 Å². The van der Waals surface area contributed by atoms with E-state index in [4.69, 9.17) is 11.6 Å². The van der Waals surface area contributed by atoms with E-state index < -0.39 is 6.02 Å². The number of nitrogens with zero attached hydrogens (tertiary/aromatic N) is 5. The number of anilines is 3. The van der Waals surface area contributed by atoms with Crippen molar-refractivity contribution in [3.8, 4) is 12.1 Å². The van der Waals surface area contributed by atoms with Crippen LogP contribution in [0.15, 0.2) is 79.0 Å². The van der Waals surface area contributed by atoms with Crippen LogP contribution in [0.25, 0.3) is 10.9 Å². The summed E-state index contributed by atoms with van der Waals surface area (Å²) in [6.45, 7) is 6.86. The van der Waals surface area contributed by atoms with Crippen LogP contribution in [0.3, 0.4) is 0 Å². The summed E-state index contributed by atoms with van der Waals surface area (Å²) in [6, 6.07) is 17.1. The zero-order chi connectivity index (χ0) is 29.2. The molecule has 40 heavy (non-hydrogen) atoms. The lowest BCUT2D eigenvalue weighted by Gasteiger charge is -2.24. The molecule has 0 unspecified atom stereocenters. The van der Waals surface area contributed by atoms with E-state index in [1.165, 1.54) is 6.20 Å². The number of rotatable bonds is 7. The number of fused-ring (bicyclic) bond motifs is 1. The van der Waals surface area contributed by atoms with Crippen LogP contribution in [0.1, 0.15) is 44.9 Å². The number of hydrogen-bond donors (Lipinski definition) is 4. The van der Waals surface area contributed by atoms with Crippen LogP contribution < -0.4 is 26.6 Å². The average Bonchev–Trinajstić information content (AvgIpc) is 3.47. The van der Waals surface area contributed by atoms with E-state index in [0.29, 0.717) is 56.2 Å². The molecule has 0 spiro atoms. The Balaban J connectivity index is 1.65. The lowest BCUT2D eigenvalue weighted by Crippen LogP contribution is -2.37. The number of hydrogen-bond acceptors (Lipinski definition) is 9. The second-order valence-corrected chi connectivity index (χ2v) is 10.9. The van der Waals surface area contributed by atoms with Gasteiger partial charge in [-0.05, 0) is 41.3 Å². The van der Waals surface area contributed by atoms with Crippen molar-refractivity contribution >= 4 is 39.6 Å². The number of nitriles is 2. The molecule has 0 aliphatic carbocycles. The molecule has 3 heterocycles. The van der Waals surface area contributed by atoms with E-state index >= 15 is 0 Å². The maximum absolute atomic E-state index is 10.1. The molecule has 5 rings (SSSR count). The number of halogens is 1. The number of pyridine rings is 2. The first kappa shape index (κ1) is 25.4. The Hall–Kier alpha value is -4.83. The minimum absolute atomic E-state index is 0.0651. The van der Waals surface area contributed by atoms with Gasteiger partial charge < -0.3 is 16.1 Å². The topological polar surface area (TPSA) is 125 Å². The Kier molecular flexibility index (Phi) is 7.07. The Morgan fingerprint density at radius 2 is 1.90 bits per heavy atom. The van der Waals surface area contributed by atoms with Crippen molar-refractivity contribution in [2.45, 2.75) is 26.8 Å². The molecule has 200 valence electrons. The maximum atomic E-state index is 10.1. The first-order valence-electron chi connectivity index (χ1n) is 13.1. The highest BCUT2D eigenvalue weighted by molar-refractivity contribution is 6.31. The summed E-state index contributed by atoms with van der Waals surface area (Å²) < 4.78 is 9.75. The van der Waals surface area contributed by atoms with Gasteiger partial charge in [-0.3, -0.25) is 15.0 Å². The Bertz CT molecular complexity index is 1720. The van der Waals surface area contributed by atoms with Crippen molar-refractivity contribution < 1.29 is 1.37 Å². The molecule has 0 amide bonds. The van der Waals surface area contributed by atoms with Crippen LogP contribution in [0.5, 0.6) is 0 Å². The predicted octanol–water partition coefficient (Wildman–Crippen LogP) is 6.01. The highest BCUT2D eigenvalue weighted by atomic mass is 35.5. The molecule has 4 N–H and O–H groups in total. The van der Waals surface area contributed by atoms with Gasteiger partial charge in [0.15, 0.2) is 0 Å². The molecule has 2 aromatic carbocycles. The molecule has 0 bridgehead atoms. The third kappa shape index (κ3) is 5.62. The SMILES string of the molecule is [2H][C@](Nc1cc(C#N)c2ncc(C#N)c(NCC(C)(C)C)c2c1)(C1=CN(c2cccnc2)NN1)c1ccccc1Cl. The Morgan fingerprint density at radius 3 is 2.60 bits per heavy atom. The molecule has 2 aromatic heterocycles. The molecule has 1 aliphatic heterocycles. The van der Waals surface area contributed by atoms with E-state index in [0.717, 1.165) is 5.69 Å². The fraction of sp³-hybridized carbons (Fsp3) is 0.200. The van der Waals surface area contributed by atoms with Gasteiger partial charge in [-0.25, -0.2) is 0 Å². The fourth-order valence-corrected chi connectivity index (χ4v) is 4.48. The van der Waals surface area contributed by atoms with E-state index in [1.54, 1.807) is 53.9 Å². The molecular formula is C30H28ClN9. The van der Waals surface area contributed by atoms with Crippen LogP contribution in [0, 0.1) is 28.1 Å². The summed E-state index contributed by atoms with van der Waals surface area (Å²) in [5.41, 5.74) is 9.97. The van der Waals surface area contributed by atoms with E-state index in [-0.39, 0.29) is 5.41 Å². The molecule has 1 aliphatic rings. The molecule has 10 heteroatoms. The van der Waals surface area contributed by atoms with Crippen LogP contribution >= 0.6 is 11.6 Å². The Morgan fingerprint density at radius 1 is 1.10 bits per heavy atom. The fourth-order valence-electron chi connectivity index (χ4n) is 4.25. The summed E-state index contributed by atoms with van der Waals surface area (Å²) in [5.74, 6) is 0.